The average Bonchev–Trinajstić information content (AvgIpc) is 2.81. The zero-order valence-electron chi connectivity index (χ0n) is 19.1. The molecule has 6 heteroatoms. The molecule has 1 aromatic carbocycles. The minimum absolute atomic E-state index is 0.348. The normalized spacial score (nSPS) is 15.2. The lowest BCUT2D eigenvalue weighted by Gasteiger charge is -2.22. The highest BCUT2D eigenvalue weighted by Gasteiger charge is 2.19. The Kier molecular flexibility index (Phi) is 6.28. The van der Waals surface area contributed by atoms with Crippen LogP contribution < -0.4 is 21.4 Å². The minimum Gasteiger partial charge on any atom is -0.352 e. The number of nitrogens with one attached hydrogen (secondary N) is 1. The zero-order chi connectivity index (χ0) is 23.5. The summed E-state index contributed by atoms with van der Waals surface area (Å²) in [6.07, 6.45) is 13.0. The van der Waals surface area contributed by atoms with E-state index in [1.54, 1.807) is 12.4 Å². The van der Waals surface area contributed by atoms with Crippen molar-refractivity contribution in [3.8, 4) is 17.1 Å². The van der Waals surface area contributed by atoms with Crippen molar-refractivity contribution >= 4 is 35.6 Å². The maximum atomic E-state index is 6.36. The van der Waals surface area contributed by atoms with Gasteiger partial charge in [0, 0.05) is 16.9 Å². The van der Waals surface area contributed by atoms with E-state index in [2.05, 4.69) is 33.6 Å². The second-order valence-electron chi connectivity index (χ2n) is 8.39. The first-order valence-electron chi connectivity index (χ1n) is 11.5. The second kappa shape index (κ2) is 9.65. The summed E-state index contributed by atoms with van der Waals surface area (Å²) >= 11 is 6.36. The molecular formula is C28H26ClN5. The van der Waals surface area contributed by atoms with Gasteiger partial charge in [-0.25, -0.2) is 4.98 Å². The molecule has 34 heavy (non-hydrogen) atoms. The highest BCUT2D eigenvalue weighted by atomic mass is 35.5. The molecule has 1 N–H and O–H groups in total. The molecule has 5 nitrogen and oxygen atoms in total. The molecule has 0 radical (unpaired) electrons. The summed E-state index contributed by atoms with van der Waals surface area (Å²) in [6, 6.07) is 16.2. The van der Waals surface area contributed by atoms with Gasteiger partial charge in [0.1, 0.15) is 0 Å². The molecule has 0 atom stereocenters. The van der Waals surface area contributed by atoms with Crippen LogP contribution in [-0.2, 0) is 0 Å². The Morgan fingerprint density at radius 2 is 2.06 bits per heavy atom. The Morgan fingerprint density at radius 1 is 1.18 bits per heavy atom. The largest absolute Gasteiger partial charge is 0.352 e. The SMILES string of the molecule is C=c1c(=CC=CC)nc2cc(Nc3cccnc3)c(=NC3CCC3)cc-2n1-c1cccc(Cl)c1. The van der Waals surface area contributed by atoms with Crippen LogP contribution in [0.2, 0.25) is 5.02 Å². The number of aromatic nitrogens is 3. The molecule has 1 aromatic heterocycles. The maximum absolute atomic E-state index is 6.36. The van der Waals surface area contributed by atoms with Gasteiger partial charge in [-0.05, 0) is 74.7 Å². The summed E-state index contributed by atoms with van der Waals surface area (Å²) in [5.74, 6) is 0. The molecule has 2 aromatic rings. The predicted octanol–water partition coefficient (Wildman–Crippen LogP) is 4.99. The number of nitrogens with zero attached hydrogens (tertiary/aromatic N) is 4. The molecule has 0 bridgehead atoms. The fourth-order valence-electron chi connectivity index (χ4n) is 4.03. The number of anilines is 2. The van der Waals surface area contributed by atoms with Crippen LogP contribution in [0.1, 0.15) is 26.2 Å². The molecule has 0 unspecified atom stereocenters. The smallest absolute Gasteiger partial charge is 0.0900 e. The van der Waals surface area contributed by atoms with Crippen molar-refractivity contribution in [2.45, 2.75) is 32.2 Å². The Balaban J connectivity index is 1.82. The molecule has 2 aliphatic carbocycles. The number of allylic oxidation sites excluding steroid dienone is 2. The monoisotopic (exact) mass is 467 g/mol. The van der Waals surface area contributed by atoms with Crippen molar-refractivity contribution in [3.05, 3.63) is 94.2 Å². The van der Waals surface area contributed by atoms with Gasteiger partial charge >= 0.3 is 0 Å². The van der Waals surface area contributed by atoms with Crippen LogP contribution in [0.25, 0.3) is 29.7 Å². The number of fused-ring (bicyclic) bond motifs is 1. The first kappa shape index (κ1) is 22.1. The van der Waals surface area contributed by atoms with Crippen molar-refractivity contribution < 1.29 is 0 Å². The summed E-state index contributed by atoms with van der Waals surface area (Å²) in [4.78, 5) is 14.3. The Hall–Kier alpha value is -3.70. The molecule has 0 spiro atoms. The molecule has 2 heterocycles. The molecule has 3 aliphatic rings. The Morgan fingerprint density at radius 3 is 2.76 bits per heavy atom. The number of halogens is 1. The van der Waals surface area contributed by atoms with Gasteiger partial charge in [0.25, 0.3) is 0 Å². The van der Waals surface area contributed by atoms with E-state index in [1.807, 2.05) is 61.5 Å². The summed E-state index contributed by atoms with van der Waals surface area (Å²) in [6.45, 7) is 6.36. The number of rotatable bonds is 5. The molecule has 170 valence electrons. The van der Waals surface area contributed by atoms with Crippen LogP contribution in [0.15, 0.2) is 78.1 Å². The Labute approximate surface area is 203 Å². The first-order valence-corrected chi connectivity index (χ1v) is 11.9. The van der Waals surface area contributed by atoms with Crippen molar-refractivity contribution in [3.63, 3.8) is 0 Å². The molecule has 1 saturated carbocycles. The Bertz CT molecular complexity index is 1500. The quantitative estimate of drug-likeness (QED) is 0.450. The van der Waals surface area contributed by atoms with Gasteiger partial charge in [0.15, 0.2) is 0 Å². The van der Waals surface area contributed by atoms with Gasteiger partial charge in [-0.15, -0.1) is 0 Å². The predicted molar refractivity (Wildman–Crippen MR) is 140 cm³/mol. The van der Waals surface area contributed by atoms with Crippen LogP contribution in [0.5, 0.6) is 0 Å². The van der Waals surface area contributed by atoms with Gasteiger partial charge < -0.3 is 9.88 Å². The molecule has 0 saturated heterocycles. The third-order valence-electron chi connectivity index (χ3n) is 5.99. The number of hydrogen-bond donors (Lipinski definition) is 1. The molecule has 5 rings (SSSR count). The van der Waals surface area contributed by atoms with Crippen LogP contribution in [0.4, 0.5) is 11.4 Å². The fraction of sp³-hybridized carbons (Fsp3) is 0.179. The van der Waals surface area contributed by atoms with Crippen molar-refractivity contribution in [2.24, 2.45) is 4.99 Å². The van der Waals surface area contributed by atoms with Crippen LogP contribution in [0, 0.1) is 0 Å². The average molecular weight is 468 g/mol. The third-order valence-corrected chi connectivity index (χ3v) is 6.23. The van der Waals surface area contributed by atoms with E-state index < -0.39 is 0 Å². The van der Waals surface area contributed by atoms with E-state index in [4.69, 9.17) is 21.6 Å². The van der Waals surface area contributed by atoms with E-state index in [0.717, 1.165) is 57.3 Å². The highest BCUT2D eigenvalue weighted by molar-refractivity contribution is 6.30. The summed E-state index contributed by atoms with van der Waals surface area (Å²) < 4.78 is 2.11. The zero-order valence-corrected chi connectivity index (χ0v) is 19.8. The van der Waals surface area contributed by atoms with E-state index in [0.29, 0.717) is 11.1 Å². The first-order chi connectivity index (χ1) is 16.6. The van der Waals surface area contributed by atoms with E-state index in [1.165, 1.54) is 6.42 Å². The van der Waals surface area contributed by atoms with Gasteiger partial charge in [0.2, 0.25) is 0 Å². The third kappa shape index (κ3) is 4.52. The van der Waals surface area contributed by atoms with E-state index in [9.17, 15) is 0 Å². The van der Waals surface area contributed by atoms with Crippen LogP contribution >= 0.6 is 11.6 Å². The highest BCUT2D eigenvalue weighted by Crippen LogP contribution is 2.26. The van der Waals surface area contributed by atoms with Gasteiger partial charge in [-0.3, -0.25) is 9.98 Å². The van der Waals surface area contributed by atoms with Crippen molar-refractivity contribution in [1.82, 2.24) is 14.5 Å². The van der Waals surface area contributed by atoms with Crippen LogP contribution in [-0.4, -0.2) is 20.6 Å². The standard InChI is InChI=1S/C28H26ClN5/c1-3-4-13-24-19(2)34(23-12-5-8-20(29)15-23)28-17-26(31-21-9-6-10-21)25(16-27(28)33-24)32-22-11-7-14-30-18-22/h3-5,7-8,11-18,21,32H,2,6,9-10H2,1H3. The van der Waals surface area contributed by atoms with Crippen molar-refractivity contribution in [1.29, 1.82) is 0 Å². The summed E-state index contributed by atoms with van der Waals surface area (Å²) in [7, 11) is 0. The topological polar surface area (TPSA) is 55.1 Å². The number of pyridine rings is 1. The lowest BCUT2D eigenvalue weighted by atomic mass is 9.94. The maximum Gasteiger partial charge on any atom is 0.0900 e. The van der Waals surface area contributed by atoms with E-state index >= 15 is 0 Å². The van der Waals surface area contributed by atoms with Gasteiger partial charge in [0.05, 0.1) is 51.1 Å². The number of benzene rings is 2. The molecule has 1 fully saturated rings. The summed E-state index contributed by atoms with van der Waals surface area (Å²) in [5.41, 5.74) is 4.51. The lowest BCUT2D eigenvalue weighted by molar-refractivity contribution is 0.413. The molecule has 1 aliphatic heterocycles. The van der Waals surface area contributed by atoms with Gasteiger partial charge in [-0.1, -0.05) is 36.4 Å². The fourth-order valence-corrected chi connectivity index (χ4v) is 4.22. The second-order valence-corrected chi connectivity index (χ2v) is 8.83. The summed E-state index contributed by atoms with van der Waals surface area (Å²) in [5, 5.41) is 6.65. The molecular weight excluding hydrogens is 442 g/mol. The van der Waals surface area contributed by atoms with Crippen LogP contribution in [0.3, 0.4) is 0 Å². The van der Waals surface area contributed by atoms with Gasteiger partial charge in [-0.2, -0.15) is 0 Å². The number of hydrogen-bond acceptors (Lipinski definition) is 4. The van der Waals surface area contributed by atoms with E-state index in [-0.39, 0.29) is 0 Å². The van der Waals surface area contributed by atoms with Crippen molar-refractivity contribution in [2.75, 3.05) is 5.32 Å². The minimum atomic E-state index is 0.348. The lowest BCUT2D eigenvalue weighted by Crippen LogP contribution is -2.38. The molecule has 0 amide bonds.